The SMILES string of the molecule is CC(C)Cn1ncc2cc(Oc3ccc(F)cc3)c(CN(CCN(C)C)S(C)(=O)=O)cc21. The number of fused-ring (bicyclic) bond motifs is 1. The Labute approximate surface area is 189 Å². The van der Waals surface area contributed by atoms with Gasteiger partial charge in [0.25, 0.3) is 0 Å². The Bertz CT molecular complexity index is 1160. The Kier molecular flexibility index (Phi) is 7.53. The molecule has 3 aromatic rings. The number of likely N-dealkylation sites (N-methyl/N-ethyl adjacent to an activating group) is 1. The van der Waals surface area contributed by atoms with Crippen molar-refractivity contribution >= 4 is 20.9 Å². The van der Waals surface area contributed by atoms with Gasteiger partial charge in [0, 0.05) is 37.1 Å². The lowest BCUT2D eigenvalue weighted by molar-refractivity contribution is 0.328. The minimum Gasteiger partial charge on any atom is -0.457 e. The van der Waals surface area contributed by atoms with Gasteiger partial charge >= 0.3 is 0 Å². The van der Waals surface area contributed by atoms with Crippen molar-refractivity contribution in [2.45, 2.75) is 26.9 Å². The number of rotatable bonds is 10. The summed E-state index contributed by atoms with van der Waals surface area (Å²) in [4.78, 5) is 1.94. The minimum absolute atomic E-state index is 0.159. The molecule has 0 aliphatic heterocycles. The predicted molar refractivity (Wildman–Crippen MR) is 125 cm³/mol. The summed E-state index contributed by atoms with van der Waals surface area (Å²) in [5.41, 5.74) is 1.64. The highest BCUT2D eigenvalue weighted by molar-refractivity contribution is 7.88. The van der Waals surface area contributed by atoms with E-state index in [1.54, 1.807) is 18.3 Å². The van der Waals surface area contributed by atoms with E-state index >= 15 is 0 Å². The smallest absolute Gasteiger partial charge is 0.211 e. The van der Waals surface area contributed by atoms with Crippen LogP contribution in [0, 0.1) is 11.7 Å². The normalized spacial score (nSPS) is 12.4. The Hall–Kier alpha value is -2.49. The summed E-state index contributed by atoms with van der Waals surface area (Å²) in [6.07, 6.45) is 2.99. The van der Waals surface area contributed by atoms with E-state index in [0.717, 1.165) is 23.0 Å². The summed E-state index contributed by atoms with van der Waals surface area (Å²) in [7, 11) is 0.362. The van der Waals surface area contributed by atoms with E-state index in [1.807, 2.05) is 35.8 Å². The Morgan fingerprint density at radius 3 is 2.41 bits per heavy atom. The largest absolute Gasteiger partial charge is 0.457 e. The zero-order valence-corrected chi connectivity index (χ0v) is 20.1. The first-order valence-electron chi connectivity index (χ1n) is 10.5. The molecule has 2 aromatic carbocycles. The fourth-order valence-corrected chi connectivity index (χ4v) is 4.14. The van der Waals surface area contributed by atoms with Gasteiger partial charge in [-0.25, -0.2) is 12.8 Å². The van der Waals surface area contributed by atoms with E-state index in [0.29, 0.717) is 30.5 Å². The maximum absolute atomic E-state index is 13.3. The molecular formula is C23H31FN4O3S. The van der Waals surface area contributed by atoms with Gasteiger partial charge < -0.3 is 9.64 Å². The van der Waals surface area contributed by atoms with Crippen molar-refractivity contribution in [3.8, 4) is 11.5 Å². The highest BCUT2D eigenvalue weighted by atomic mass is 32.2. The Balaban J connectivity index is 2.04. The zero-order valence-electron chi connectivity index (χ0n) is 19.2. The molecule has 0 spiro atoms. The van der Waals surface area contributed by atoms with Crippen molar-refractivity contribution in [1.29, 1.82) is 0 Å². The van der Waals surface area contributed by atoms with Crippen molar-refractivity contribution in [3.63, 3.8) is 0 Å². The maximum atomic E-state index is 13.3. The first-order valence-corrected chi connectivity index (χ1v) is 12.4. The number of hydrogen-bond acceptors (Lipinski definition) is 5. The van der Waals surface area contributed by atoms with Gasteiger partial charge in [0.2, 0.25) is 10.0 Å². The topological polar surface area (TPSA) is 67.7 Å². The van der Waals surface area contributed by atoms with Gasteiger partial charge in [-0.2, -0.15) is 9.40 Å². The van der Waals surface area contributed by atoms with Crippen LogP contribution >= 0.6 is 0 Å². The molecule has 174 valence electrons. The standard InChI is InChI=1S/C23H31FN4O3S/c1-17(2)15-28-22-12-19(16-27(32(5,29)30)11-10-26(3)4)23(13-18(22)14-25-28)31-21-8-6-20(24)7-9-21/h6-9,12-14,17H,10-11,15-16H2,1-5H3. The lowest BCUT2D eigenvalue weighted by atomic mass is 10.1. The van der Waals surface area contributed by atoms with Crippen molar-refractivity contribution in [2.24, 2.45) is 5.92 Å². The molecule has 0 bridgehead atoms. The van der Waals surface area contributed by atoms with E-state index in [2.05, 4.69) is 18.9 Å². The average Bonchev–Trinajstić information content (AvgIpc) is 3.06. The van der Waals surface area contributed by atoms with Crippen LogP contribution in [0.5, 0.6) is 11.5 Å². The molecule has 0 saturated carbocycles. The van der Waals surface area contributed by atoms with Crippen molar-refractivity contribution < 1.29 is 17.5 Å². The molecule has 0 fully saturated rings. The first-order chi connectivity index (χ1) is 15.0. The van der Waals surface area contributed by atoms with Crippen LogP contribution in [0.3, 0.4) is 0 Å². The first kappa shape index (κ1) is 24.2. The minimum atomic E-state index is -3.44. The van der Waals surface area contributed by atoms with Crippen LogP contribution in [0.4, 0.5) is 4.39 Å². The number of benzene rings is 2. The summed E-state index contributed by atoms with van der Waals surface area (Å²) in [6.45, 7) is 6.09. The summed E-state index contributed by atoms with van der Waals surface area (Å²) >= 11 is 0. The number of hydrogen-bond donors (Lipinski definition) is 0. The van der Waals surface area contributed by atoms with Crippen LogP contribution in [0.25, 0.3) is 10.9 Å². The molecule has 9 heteroatoms. The van der Waals surface area contributed by atoms with Gasteiger partial charge in [0.1, 0.15) is 17.3 Å². The van der Waals surface area contributed by atoms with E-state index < -0.39 is 10.0 Å². The fraction of sp³-hybridized carbons (Fsp3) is 0.435. The van der Waals surface area contributed by atoms with Gasteiger partial charge in [-0.3, -0.25) is 4.68 Å². The highest BCUT2D eigenvalue weighted by Crippen LogP contribution is 2.32. The van der Waals surface area contributed by atoms with E-state index in [1.165, 1.54) is 22.7 Å². The van der Waals surface area contributed by atoms with Gasteiger partial charge in [-0.1, -0.05) is 13.8 Å². The van der Waals surface area contributed by atoms with Crippen molar-refractivity contribution in [1.82, 2.24) is 19.0 Å². The van der Waals surface area contributed by atoms with Crippen LogP contribution in [0.1, 0.15) is 19.4 Å². The summed E-state index contributed by atoms with van der Waals surface area (Å²) in [5, 5.41) is 5.39. The van der Waals surface area contributed by atoms with Crippen LogP contribution in [-0.4, -0.2) is 60.8 Å². The van der Waals surface area contributed by atoms with Crippen LogP contribution in [-0.2, 0) is 23.1 Å². The number of nitrogens with zero attached hydrogens (tertiary/aromatic N) is 4. The average molecular weight is 463 g/mol. The molecule has 0 N–H and O–H groups in total. The van der Waals surface area contributed by atoms with E-state index in [9.17, 15) is 12.8 Å². The fourth-order valence-electron chi connectivity index (χ4n) is 3.35. The molecule has 0 saturated heterocycles. The maximum Gasteiger partial charge on any atom is 0.211 e. The van der Waals surface area contributed by atoms with Gasteiger partial charge in [-0.05, 0) is 56.4 Å². The van der Waals surface area contributed by atoms with Crippen molar-refractivity contribution in [2.75, 3.05) is 33.4 Å². The molecule has 0 radical (unpaired) electrons. The molecule has 0 aliphatic rings. The van der Waals surface area contributed by atoms with Gasteiger partial charge in [0.15, 0.2) is 0 Å². The van der Waals surface area contributed by atoms with E-state index in [-0.39, 0.29) is 12.4 Å². The second-order valence-corrected chi connectivity index (χ2v) is 10.7. The highest BCUT2D eigenvalue weighted by Gasteiger charge is 2.21. The number of sulfonamides is 1. The molecule has 1 aromatic heterocycles. The van der Waals surface area contributed by atoms with E-state index in [4.69, 9.17) is 4.74 Å². The van der Waals surface area contributed by atoms with Gasteiger partial charge in [0.05, 0.1) is 18.0 Å². The Morgan fingerprint density at radius 1 is 1.12 bits per heavy atom. The predicted octanol–water partition coefficient (Wildman–Crippen LogP) is 3.95. The number of halogens is 1. The van der Waals surface area contributed by atoms with Crippen LogP contribution in [0.15, 0.2) is 42.6 Å². The molecule has 3 rings (SSSR count). The zero-order chi connectivity index (χ0) is 23.5. The number of ether oxygens (including phenoxy) is 1. The van der Waals surface area contributed by atoms with Crippen molar-refractivity contribution in [3.05, 3.63) is 54.0 Å². The number of aromatic nitrogens is 2. The molecule has 1 heterocycles. The summed E-state index contributed by atoms with van der Waals surface area (Å²) in [6, 6.07) is 9.56. The van der Waals surface area contributed by atoms with Crippen LogP contribution in [0.2, 0.25) is 0 Å². The molecule has 0 atom stereocenters. The molecule has 7 nitrogen and oxygen atoms in total. The third kappa shape index (κ3) is 6.27. The Morgan fingerprint density at radius 2 is 1.81 bits per heavy atom. The third-order valence-corrected chi connectivity index (χ3v) is 6.27. The lowest BCUT2D eigenvalue weighted by Gasteiger charge is -2.23. The molecule has 0 aliphatic carbocycles. The molecular weight excluding hydrogens is 431 g/mol. The van der Waals surface area contributed by atoms with Crippen LogP contribution < -0.4 is 4.74 Å². The quantitative estimate of drug-likeness (QED) is 0.456. The monoisotopic (exact) mass is 462 g/mol. The third-order valence-electron chi connectivity index (χ3n) is 5.02. The summed E-state index contributed by atoms with van der Waals surface area (Å²) in [5.74, 6) is 1.05. The molecule has 0 unspecified atom stereocenters. The summed E-state index contributed by atoms with van der Waals surface area (Å²) < 4.78 is 47.7. The second kappa shape index (κ2) is 9.97. The molecule has 0 amide bonds. The second-order valence-electron chi connectivity index (χ2n) is 8.70. The molecule has 32 heavy (non-hydrogen) atoms. The lowest BCUT2D eigenvalue weighted by Crippen LogP contribution is -2.35. The van der Waals surface area contributed by atoms with Gasteiger partial charge in [-0.15, -0.1) is 0 Å².